The Labute approximate surface area is 151 Å². The molecule has 3 heterocycles. The SMILES string of the molecule is Cc1noc(C)c1CNC(=O)C1CCCn2c(-c3ccccc3)nnc21. The third-order valence-electron chi connectivity index (χ3n) is 4.93. The lowest BCUT2D eigenvalue weighted by Gasteiger charge is -2.23. The molecule has 1 atom stereocenters. The highest BCUT2D eigenvalue weighted by Crippen LogP contribution is 2.30. The van der Waals surface area contributed by atoms with Crippen LogP contribution in [0.25, 0.3) is 11.4 Å². The van der Waals surface area contributed by atoms with Gasteiger partial charge in [-0.2, -0.15) is 0 Å². The second-order valence-electron chi connectivity index (χ2n) is 6.61. The Hall–Kier alpha value is -2.96. The van der Waals surface area contributed by atoms with E-state index in [-0.39, 0.29) is 11.8 Å². The summed E-state index contributed by atoms with van der Waals surface area (Å²) in [4.78, 5) is 12.8. The number of nitrogens with one attached hydrogen (secondary N) is 1. The van der Waals surface area contributed by atoms with Gasteiger partial charge in [-0.1, -0.05) is 35.5 Å². The molecule has 4 rings (SSSR count). The van der Waals surface area contributed by atoms with Gasteiger partial charge in [0, 0.05) is 24.2 Å². The fraction of sp³-hybridized carbons (Fsp3) is 0.368. The number of rotatable bonds is 4. The van der Waals surface area contributed by atoms with Crippen molar-refractivity contribution in [2.45, 2.75) is 45.7 Å². The number of hydrogen-bond acceptors (Lipinski definition) is 5. The first-order valence-electron chi connectivity index (χ1n) is 8.83. The maximum Gasteiger partial charge on any atom is 0.231 e. The number of nitrogens with zero attached hydrogens (tertiary/aromatic N) is 4. The van der Waals surface area contributed by atoms with E-state index in [4.69, 9.17) is 4.52 Å². The number of hydrogen-bond donors (Lipinski definition) is 1. The summed E-state index contributed by atoms with van der Waals surface area (Å²) in [6.45, 7) is 4.97. The van der Waals surface area contributed by atoms with Gasteiger partial charge in [0.25, 0.3) is 0 Å². The van der Waals surface area contributed by atoms with Crippen molar-refractivity contribution in [2.24, 2.45) is 0 Å². The van der Waals surface area contributed by atoms with Crippen LogP contribution in [0.15, 0.2) is 34.9 Å². The van der Waals surface area contributed by atoms with Gasteiger partial charge in [-0.3, -0.25) is 4.79 Å². The van der Waals surface area contributed by atoms with Crippen LogP contribution in [0.2, 0.25) is 0 Å². The number of fused-ring (bicyclic) bond motifs is 1. The smallest absolute Gasteiger partial charge is 0.231 e. The molecule has 0 fully saturated rings. The Morgan fingerprint density at radius 3 is 2.81 bits per heavy atom. The first-order valence-corrected chi connectivity index (χ1v) is 8.83. The summed E-state index contributed by atoms with van der Waals surface area (Å²) < 4.78 is 7.22. The van der Waals surface area contributed by atoms with E-state index in [0.717, 1.165) is 53.6 Å². The number of carbonyl (C=O) groups excluding carboxylic acids is 1. The third kappa shape index (κ3) is 2.89. The fourth-order valence-corrected chi connectivity index (χ4v) is 3.48. The van der Waals surface area contributed by atoms with E-state index < -0.39 is 0 Å². The highest BCUT2D eigenvalue weighted by Gasteiger charge is 2.31. The largest absolute Gasteiger partial charge is 0.361 e. The normalized spacial score (nSPS) is 16.3. The second kappa shape index (κ2) is 6.74. The van der Waals surface area contributed by atoms with E-state index >= 15 is 0 Å². The van der Waals surface area contributed by atoms with Gasteiger partial charge in [-0.05, 0) is 26.7 Å². The molecular formula is C19H21N5O2. The Morgan fingerprint density at radius 2 is 2.08 bits per heavy atom. The molecule has 1 unspecified atom stereocenters. The Bertz CT molecular complexity index is 909. The van der Waals surface area contributed by atoms with E-state index in [2.05, 4.69) is 25.2 Å². The molecule has 1 aliphatic rings. The topological polar surface area (TPSA) is 85.8 Å². The van der Waals surface area contributed by atoms with Crippen LogP contribution in [0.5, 0.6) is 0 Å². The minimum absolute atomic E-state index is 0.0297. The van der Waals surface area contributed by atoms with E-state index in [9.17, 15) is 4.79 Å². The van der Waals surface area contributed by atoms with Crippen LogP contribution >= 0.6 is 0 Å². The van der Waals surface area contributed by atoms with E-state index in [0.29, 0.717) is 6.54 Å². The molecule has 134 valence electrons. The van der Waals surface area contributed by atoms with Crippen LogP contribution in [0, 0.1) is 13.8 Å². The van der Waals surface area contributed by atoms with Crippen molar-refractivity contribution in [1.29, 1.82) is 0 Å². The zero-order valence-corrected chi connectivity index (χ0v) is 14.9. The van der Waals surface area contributed by atoms with Crippen molar-refractivity contribution < 1.29 is 9.32 Å². The fourth-order valence-electron chi connectivity index (χ4n) is 3.48. The summed E-state index contributed by atoms with van der Waals surface area (Å²) in [5, 5.41) is 15.6. The van der Waals surface area contributed by atoms with Crippen molar-refractivity contribution >= 4 is 5.91 Å². The average molecular weight is 351 g/mol. The van der Waals surface area contributed by atoms with Crippen LogP contribution in [-0.4, -0.2) is 25.8 Å². The lowest BCUT2D eigenvalue weighted by Crippen LogP contribution is -2.33. The van der Waals surface area contributed by atoms with E-state index in [1.807, 2.05) is 44.2 Å². The summed E-state index contributed by atoms with van der Waals surface area (Å²) in [5.41, 5.74) is 2.75. The Kier molecular flexibility index (Phi) is 4.28. The predicted molar refractivity (Wildman–Crippen MR) is 95.3 cm³/mol. The van der Waals surface area contributed by atoms with Crippen molar-refractivity contribution in [1.82, 2.24) is 25.2 Å². The molecule has 0 bridgehead atoms. The molecule has 2 aromatic heterocycles. The molecule has 1 aliphatic heterocycles. The standard InChI is InChI=1S/C19H21N5O2/c1-12-16(13(2)26-23-12)11-20-19(25)15-9-6-10-24-17(21-22-18(15)24)14-7-4-3-5-8-14/h3-5,7-8,15H,6,9-11H2,1-2H3,(H,20,25). The zero-order valence-electron chi connectivity index (χ0n) is 14.9. The number of benzene rings is 1. The molecule has 0 spiro atoms. The molecule has 0 saturated carbocycles. The first-order chi connectivity index (χ1) is 12.6. The second-order valence-corrected chi connectivity index (χ2v) is 6.61. The van der Waals surface area contributed by atoms with Crippen LogP contribution in [0.3, 0.4) is 0 Å². The molecule has 0 saturated heterocycles. The van der Waals surface area contributed by atoms with Gasteiger partial charge in [-0.15, -0.1) is 10.2 Å². The van der Waals surface area contributed by atoms with Crippen LogP contribution in [0.4, 0.5) is 0 Å². The molecule has 3 aromatic rings. The van der Waals surface area contributed by atoms with E-state index in [1.165, 1.54) is 0 Å². The molecule has 7 nitrogen and oxygen atoms in total. The summed E-state index contributed by atoms with van der Waals surface area (Å²) in [5.74, 6) is 1.99. The number of carbonyl (C=O) groups is 1. The minimum Gasteiger partial charge on any atom is -0.361 e. The monoisotopic (exact) mass is 351 g/mol. The van der Waals surface area contributed by atoms with Gasteiger partial charge in [0.15, 0.2) is 5.82 Å². The minimum atomic E-state index is -0.283. The molecule has 26 heavy (non-hydrogen) atoms. The lowest BCUT2D eigenvalue weighted by atomic mass is 9.97. The third-order valence-corrected chi connectivity index (χ3v) is 4.93. The highest BCUT2D eigenvalue weighted by atomic mass is 16.5. The van der Waals surface area contributed by atoms with Gasteiger partial charge >= 0.3 is 0 Å². The Balaban J connectivity index is 1.55. The summed E-state index contributed by atoms with van der Waals surface area (Å²) in [7, 11) is 0. The number of amides is 1. The first kappa shape index (κ1) is 16.5. The zero-order chi connectivity index (χ0) is 18.1. The molecular weight excluding hydrogens is 330 g/mol. The predicted octanol–water partition coefficient (Wildman–Crippen LogP) is 2.74. The molecule has 0 radical (unpaired) electrons. The molecule has 1 N–H and O–H groups in total. The van der Waals surface area contributed by atoms with E-state index in [1.54, 1.807) is 0 Å². The van der Waals surface area contributed by atoms with Crippen molar-refractivity contribution in [3.05, 3.63) is 53.2 Å². The summed E-state index contributed by atoms with van der Waals surface area (Å²) in [6.07, 6.45) is 1.70. The maximum atomic E-state index is 12.8. The molecule has 0 aliphatic carbocycles. The molecule has 1 aromatic carbocycles. The van der Waals surface area contributed by atoms with Gasteiger partial charge in [0.05, 0.1) is 11.6 Å². The quantitative estimate of drug-likeness (QED) is 0.781. The maximum absolute atomic E-state index is 12.8. The van der Waals surface area contributed by atoms with Crippen molar-refractivity contribution in [2.75, 3.05) is 0 Å². The van der Waals surface area contributed by atoms with Crippen LogP contribution < -0.4 is 5.32 Å². The van der Waals surface area contributed by atoms with Gasteiger partial charge < -0.3 is 14.4 Å². The van der Waals surface area contributed by atoms with Gasteiger partial charge in [0.1, 0.15) is 11.6 Å². The average Bonchev–Trinajstić information content (AvgIpc) is 3.24. The molecule has 7 heteroatoms. The lowest BCUT2D eigenvalue weighted by molar-refractivity contribution is -0.123. The van der Waals surface area contributed by atoms with Crippen LogP contribution in [-0.2, 0) is 17.9 Å². The van der Waals surface area contributed by atoms with Crippen molar-refractivity contribution in [3.8, 4) is 11.4 Å². The Morgan fingerprint density at radius 1 is 1.27 bits per heavy atom. The van der Waals surface area contributed by atoms with Gasteiger partial charge in [0.2, 0.25) is 5.91 Å². The summed E-state index contributed by atoms with van der Waals surface area (Å²) in [6, 6.07) is 9.96. The van der Waals surface area contributed by atoms with Gasteiger partial charge in [-0.25, -0.2) is 0 Å². The highest BCUT2D eigenvalue weighted by molar-refractivity contribution is 5.83. The number of aryl methyl sites for hydroxylation is 2. The van der Waals surface area contributed by atoms with Crippen molar-refractivity contribution in [3.63, 3.8) is 0 Å². The van der Waals surface area contributed by atoms with Crippen LogP contribution in [0.1, 0.15) is 41.6 Å². The number of aromatic nitrogens is 4. The summed E-state index contributed by atoms with van der Waals surface area (Å²) >= 11 is 0. The molecule has 1 amide bonds.